The number of aryl methyl sites for hydroxylation is 1. The summed E-state index contributed by atoms with van der Waals surface area (Å²) < 4.78 is 35.4. The van der Waals surface area contributed by atoms with Crippen molar-refractivity contribution < 1.29 is 23.0 Å². The van der Waals surface area contributed by atoms with Gasteiger partial charge in [0.25, 0.3) is 11.5 Å². The summed E-state index contributed by atoms with van der Waals surface area (Å²) in [6, 6.07) is 6.74. The topological polar surface area (TPSA) is 69.6 Å². The lowest BCUT2D eigenvalue weighted by atomic mass is 10.2. The Labute approximate surface area is 143 Å². The Morgan fingerprint density at radius 3 is 2.64 bits per heavy atom. The Morgan fingerprint density at radius 1 is 1.24 bits per heavy atom. The third-order valence-electron chi connectivity index (χ3n) is 3.35. The molecule has 0 saturated heterocycles. The molecule has 0 atom stereocenters. The monoisotopic (exact) mass is 352 g/mol. The zero-order valence-electron chi connectivity index (χ0n) is 13.8. The minimum absolute atomic E-state index is 0.0175. The molecular weight excluding hydrogens is 334 g/mol. The fourth-order valence-electron chi connectivity index (χ4n) is 2.23. The number of aromatic nitrogens is 1. The number of halogens is 2. The quantitative estimate of drug-likeness (QED) is 0.831. The first kappa shape index (κ1) is 18.4. The van der Waals surface area contributed by atoms with Gasteiger partial charge in [0.1, 0.15) is 0 Å². The number of alkyl halides is 2. The summed E-state index contributed by atoms with van der Waals surface area (Å²) in [5, 5.41) is 2.65. The fraction of sp³-hybridized carbons (Fsp3) is 0.294. The van der Waals surface area contributed by atoms with Gasteiger partial charge in [-0.25, -0.2) is 0 Å². The highest BCUT2D eigenvalue weighted by molar-refractivity contribution is 6.04. The van der Waals surface area contributed by atoms with Gasteiger partial charge in [0.2, 0.25) is 0 Å². The molecule has 134 valence electrons. The van der Waals surface area contributed by atoms with Crippen molar-refractivity contribution in [3.63, 3.8) is 0 Å². The number of carbonyl (C=O) groups is 1. The molecule has 0 aliphatic carbocycles. The number of ether oxygens (including phenoxy) is 2. The summed E-state index contributed by atoms with van der Waals surface area (Å²) in [6.07, 6.45) is 2.33. The van der Waals surface area contributed by atoms with Gasteiger partial charge in [0.15, 0.2) is 11.5 Å². The Bertz CT molecular complexity index is 805. The van der Waals surface area contributed by atoms with Crippen LogP contribution in [0.3, 0.4) is 0 Å². The lowest BCUT2D eigenvalue weighted by molar-refractivity contribution is -0.0512. The van der Waals surface area contributed by atoms with E-state index in [4.69, 9.17) is 4.74 Å². The van der Waals surface area contributed by atoms with E-state index >= 15 is 0 Å². The van der Waals surface area contributed by atoms with Crippen molar-refractivity contribution in [1.82, 2.24) is 4.57 Å². The maximum absolute atomic E-state index is 12.3. The molecule has 2 aromatic rings. The zero-order chi connectivity index (χ0) is 18.4. The van der Waals surface area contributed by atoms with Gasteiger partial charge in [-0.1, -0.05) is 6.92 Å². The normalized spacial score (nSPS) is 10.6. The average Bonchev–Trinajstić information content (AvgIpc) is 2.58. The van der Waals surface area contributed by atoms with E-state index in [1.165, 1.54) is 42.0 Å². The number of hydrogen-bond acceptors (Lipinski definition) is 4. The standard InChI is InChI=1S/C17H18F2N2O4/c1-3-8-21-10-12(5-7-15(21)22)20-16(23)11-4-6-13(25-17(18)19)14(9-11)24-2/h4-7,9-10,17H,3,8H2,1-2H3,(H,20,23). The van der Waals surface area contributed by atoms with Crippen LogP contribution in [0.5, 0.6) is 11.5 Å². The van der Waals surface area contributed by atoms with Crippen LogP contribution in [0.1, 0.15) is 23.7 Å². The maximum Gasteiger partial charge on any atom is 0.387 e. The Balaban J connectivity index is 2.20. The molecule has 1 aromatic heterocycles. The number of hydrogen-bond donors (Lipinski definition) is 1. The summed E-state index contributed by atoms with van der Waals surface area (Å²) >= 11 is 0. The summed E-state index contributed by atoms with van der Waals surface area (Å²) in [6.45, 7) is -0.517. The molecule has 8 heteroatoms. The summed E-state index contributed by atoms with van der Waals surface area (Å²) in [7, 11) is 1.29. The van der Waals surface area contributed by atoms with Crippen molar-refractivity contribution in [2.75, 3.05) is 12.4 Å². The molecule has 1 amide bonds. The van der Waals surface area contributed by atoms with E-state index in [0.29, 0.717) is 12.2 Å². The molecule has 2 rings (SSSR count). The van der Waals surface area contributed by atoms with E-state index in [1.807, 2.05) is 6.92 Å². The first-order chi connectivity index (χ1) is 11.9. The second kappa shape index (κ2) is 8.27. The number of amides is 1. The predicted octanol–water partition coefficient (Wildman–Crippen LogP) is 3.12. The van der Waals surface area contributed by atoms with Crippen molar-refractivity contribution in [2.45, 2.75) is 26.5 Å². The second-order valence-electron chi connectivity index (χ2n) is 5.15. The first-order valence-corrected chi connectivity index (χ1v) is 7.59. The van der Waals surface area contributed by atoms with Crippen LogP contribution in [0.2, 0.25) is 0 Å². The van der Waals surface area contributed by atoms with Crippen LogP contribution in [-0.2, 0) is 6.54 Å². The van der Waals surface area contributed by atoms with Gasteiger partial charge in [0.05, 0.1) is 12.8 Å². The van der Waals surface area contributed by atoms with Crippen molar-refractivity contribution in [3.05, 3.63) is 52.4 Å². The molecule has 1 aromatic carbocycles. The van der Waals surface area contributed by atoms with Crippen LogP contribution in [-0.4, -0.2) is 24.2 Å². The van der Waals surface area contributed by atoms with Crippen molar-refractivity contribution in [1.29, 1.82) is 0 Å². The number of rotatable bonds is 7. The van der Waals surface area contributed by atoms with Crippen LogP contribution in [0, 0.1) is 0 Å². The molecular formula is C17H18F2N2O4. The highest BCUT2D eigenvalue weighted by Gasteiger charge is 2.14. The van der Waals surface area contributed by atoms with E-state index in [2.05, 4.69) is 10.1 Å². The van der Waals surface area contributed by atoms with Crippen LogP contribution in [0.4, 0.5) is 14.5 Å². The molecule has 25 heavy (non-hydrogen) atoms. The molecule has 1 heterocycles. The number of anilines is 1. The number of methoxy groups -OCH3 is 1. The van der Waals surface area contributed by atoms with E-state index in [0.717, 1.165) is 6.42 Å². The van der Waals surface area contributed by atoms with Crippen LogP contribution in [0.15, 0.2) is 41.3 Å². The largest absolute Gasteiger partial charge is 0.493 e. The van der Waals surface area contributed by atoms with Crippen LogP contribution >= 0.6 is 0 Å². The first-order valence-electron chi connectivity index (χ1n) is 7.59. The lowest BCUT2D eigenvalue weighted by Crippen LogP contribution is -2.20. The fourth-order valence-corrected chi connectivity index (χ4v) is 2.23. The zero-order valence-corrected chi connectivity index (χ0v) is 13.8. The number of nitrogens with one attached hydrogen (secondary N) is 1. The predicted molar refractivity (Wildman–Crippen MR) is 88.6 cm³/mol. The summed E-state index contributed by atoms with van der Waals surface area (Å²) in [5.74, 6) is -0.613. The van der Waals surface area contributed by atoms with Gasteiger partial charge in [-0.15, -0.1) is 0 Å². The second-order valence-corrected chi connectivity index (χ2v) is 5.15. The molecule has 0 unspecified atom stereocenters. The van der Waals surface area contributed by atoms with Gasteiger partial charge in [0, 0.05) is 24.4 Å². The molecule has 0 saturated carbocycles. The Hall–Kier alpha value is -2.90. The van der Waals surface area contributed by atoms with E-state index < -0.39 is 12.5 Å². The van der Waals surface area contributed by atoms with Gasteiger partial charge < -0.3 is 19.4 Å². The smallest absolute Gasteiger partial charge is 0.387 e. The molecule has 1 N–H and O–H groups in total. The highest BCUT2D eigenvalue weighted by Crippen LogP contribution is 2.29. The minimum atomic E-state index is -2.99. The molecule has 0 aliphatic heterocycles. The van der Waals surface area contributed by atoms with E-state index in [-0.39, 0.29) is 22.6 Å². The Kier molecular flexibility index (Phi) is 6.10. The third kappa shape index (κ3) is 4.79. The van der Waals surface area contributed by atoms with Gasteiger partial charge in [-0.2, -0.15) is 8.78 Å². The van der Waals surface area contributed by atoms with Crippen LogP contribution in [0.25, 0.3) is 0 Å². The Morgan fingerprint density at radius 2 is 2.00 bits per heavy atom. The van der Waals surface area contributed by atoms with Crippen molar-refractivity contribution in [3.8, 4) is 11.5 Å². The minimum Gasteiger partial charge on any atom is -0.493 e. The number of benzene rings is 1. The summed E-state index contributed by atoms with van der Waals surface area (Å²) in [4.78, 5) is 24.0. The molecule has 6 nitrogen and oxygen atoms in total. The lowest BCUT2D eigenvalue weighted by Gasteiger charge is -2.12. The van der Waals surface area contributed by atoms with Crippen LogP contribution < -0.4 is 20.3 Å². The highest BCUT2D eigenvalue weighted by atomic mass is 19.3. The summed E-state index contributed by atoms with van der Waals surface area (Å²) in [5.41, 5.74) is 0.492. The molecule has 0 spiro atoms. The van der Waals surface area contributed by atoms with Crippen molar-refractivity contribution in [2.24, 2.45) is 0 Å². The number of pyridine rings is 1. The third-order valence-corrected chi connectivity index (χ3v) is 3.35. The van der Waals surface area contributed by atoms with Gasteiger partial charge in [-0.3, -0.25) is 9.59 Å². The number of carbonyl (C=O) groups excluding carboxylic acids is 1. The van der Waals surface area contributed by atoms with Gasteiger partial charge in [-0.05, 0) is 30.7 Å². The van der Waals surface area contributed by atoms with E-state index in [1.54, 1.807) is 6.20 Å². The maximum atomic E-state index is 12.3. The molecule has 0 bridgehead atoms. The molecule has 0 radical (unpaired) electrons. The average molecular weight is 352 g/mol. The van der Waals surface area contributed by atoms with E-state index in [9.17, 15) is 18.4 Å². The SMILES string of the molecule is CCCn1cc(NC(=O)c2ccc(OC(F)F)c(OC)c2)ccc1=O. The molecule has 0 aliphatic rings. The van der Waals surface area contributed by atoms with Gasteiger partial charge >= 0.3 is 6.61 Å². The molecule has 0 fully saturated rings. The number of nitrogens with zero attached hydrogens (tertiary/aromatic N) is 1. The van der Waals surface area contributed by atoms with Crippen molar-refractivity contribution >= 4 is 11.6 Å².